The van der Waals surface area contributed by atoms with Gasteiger partial charge in [-0.1, -0.05) is 36.4 Å². The molecule has 0 aromatic heterocycles. The third-order valence-electron chi connectivity index (χ3n) is 1.95. The van der Waals surface area contributed by atoms with Gasteiger partial charge in [0.1, 0.15) is 0 Å². The summed E-state index contributed by atoms with van der Waals surface area (Å²) in [4.78, 5) is 0. The van der Waals surface area contributed by atoms with E-state index >= 15 is 0 Å². The van der Waals surface area contributed by atoms with Crippen molar-refractivity contribution in [1.29, 1.82) is 0 Å². The minimum atomic E-state index is -0.303. The molecule has 0 unspecified atom stereocenters. The number of halogens is 3. The van der Waals surface area contributed by atoms with Crippen LogP contribution < -0.4 is 27.6 Å². The van der Waals surface area contributed by atoms with E-state index < -0.39 is 0 Å². The molecule has 0 bridgehead atoms. The fourth-order valence-electron chi connectivity index (χ4n) is 1.21. The van der Waals surface area contributed by atoms with Gasteiger partial charge >= 0.3 is 23.1 Å². The molecule has 0 N–H and O–H groups in total. The molecule has 2 rings (SSSR count). The quantitative estimate of drug-likeness (QED) is 0.515. The second-order valence-corrected chi connectivity index (χ2v) is 4.20. The monoisotopic (exact) mass is 324 g/mol. The molecule has 0 spiro atoms. The van der Waals surface area contributed by atoms with E-state index in [-0.39, 0.29) is 51.7 Å². The van der Waals surface area contributed by atoms with Crippen LogP contribution in [0.5, 0.6) is 0 Å². The maximum absolute atomic E-state index is 13.3. The summed E-state index contributed by atoms with van der Waals surface area (Å²) in [7, 11) is 0.558. The Morgan fingerprint density at radius 2 is 1.06 bits per heavy atom. The van der Waals surface area contributed by atoms with E-state index in [0.29, 0.717) is 19.2 Å². The van der Waals surface area contributed by atoms with Gasteiger partial charge in [0.05, 0.1) is 11.6 Å². The number of benzene rings is 2. The standard InChI is InChI=1S/C12H8F2P.BrH.Mg/c13-9-5-1-3-7-11(9)15-12-8-4-2-6-10(12)14;;/h1-8H;1H;/q-1;;+2/p-1. The molecule has 0 saturated heterocycles. The minimum absolute atomic E-state index is 0. The van der Waals surface area contributed by atoms with Crippen molar-refractivity contribution in [1.82, 2.24) is 0 Å². The Morgan fingerprint density at radius 3 is 1.41 bits per heavy atom. The normalized spacial score (nSPS) is 9.06. The average Bonchev–Trinajstić information content (AvgIpc) is 2.24. The van der Waals surface area contributed by atoms with Gasteiger partial charge in [-0.2, -0.15) is 10.6 Å². The molecule has 0 fully saturated rings. The molecule has 0 radical (unpaired) electrons. The third kappa shape index (κ3) is 4.62. The molecule has 2 aromatic carbocycles. The second kappa shape index (κ2) is 8.14. The maximum atomic E-state index is 13.3. The predicted octanol–water partition coefficient (Wildman–Crippen LogP) is -0.515. The van der Waals surface area contributed by atoms with Crippen LogP contribution in [0.15, 0.2) is 48.5 Å². The van der Waals surface area contributed by atoms with Crippen LogP contribution in [-0.4, -0.2) is 23.1 Å². The van der Waals surface area contributed by atoms with E-state index in [9.17, 15) is 8.78 Å². The molecule has 0 nitrogen and oxygen atoms in total. The summed E-state index contributed by atoms with van der Waals surface area (Å²) in [5, 5.41) is 0.977. The molecule has 0 heterocycles. The molecular weight excluding hydrogens is 317 g/mol. The summed E-state index contributed by atoms with van der Waals surface area (Å²) in [6, 6.07) is 12.8. The van der Waals surface area contributed by atoms with Crippen LogP contribution in [0.4, 0.5) is 8.78 Å². The van der Waals surface area contributed by atoms with Gasteiger partial charge < -0.3 is 25.6 Å². The van der Waals surface area contributed by atoms with E-state index in [2.05, 4.69) is 0 Å². The molecule has 0 aliphatic carbocycles. The Balaban J connectivity index is 0.00000128. The Labute approximate surface area is 128 Å². The molecule has 0 saturated carbocycles. The topological polar surface area (TPSA) is 0 Å². The van der Waals surface area contributed by atoms with Crippen LogP contribution in [0, 0.1) is 11.6 Å². The summed E-state index contributed by atoms with van der Waals surface area (Å²) in [5.41, 5.74) is 0. The number of rotatable bonds is 2. The SMILES string of the molecule is Fc1ccccc1[P-]c1ccccc1F.[Br-].[Mg+2]. The molecule has 0 amide bonds. The third-order valence-corrected chi connectivity index (χ3v) is 3.15. The van der Waals surface area contributed by atoms with Crippen molar-refractivity contribution in [2.24, 2.45) is 0 Å². The fourth-order valence-corrected chi connectivity index (χ4v) is 2.16. The van der Waals surface area contributed by atoms with Gasteiger partial charge in [-0.25, -0.2) is 8.78 Å². The van der Waals surface area contributed by atoms with Crippen molar-refractivity contribution in [2.45, 2.75) is 0 Å². The minimum Gasteiger partial charge on any atom is -1.00 e. The summed E-state index contributed by atoms with van der Waals surface area (Å²) in [6.07, 6.45) is 0. The predicted molar refractivity (Wildman–Crippen MR) is 64.7 cm³/mol. The average molecular weight is 325 g/mol. The van der Waals surface area contributed by atoms with Gasteiger partial charge in [0.25, 0.3) is 0 Å². The Bertz CT molecular complexity index is 436. The number of hydrogen-bond acceptors (Lipinski definition) is 0. The van der Waals surface area contributed by atoms with Gasteiger partial charge in [-0.3, -0.25) is 0 Å². The maximum Gasteiger partial charge on any atom is 2.00 e. The van der Waals surface area contributed by atoms with Crippen molar-refractivity contribution in [3.8, 4) is 0 Å². The summed E-state index contributed by atoms with van der Waals surface area (Å²) in [5.74, 6) is -0.607. The first-order chi connectivity index (χ1) is 7.27. The zero-order valence-electron chi connectivity index (χ0n) is 8.91. The summed E-state index contributed by atoms with van der Waals surface area (Å²) >= 11 is 0. The zero-order valence-corrected chi connectivity index (χ0v) is 12.8. The van der Waals surface area contributed by atoms with Crippen molar-refractivity contribution in [2.75, 3.05) is 0 Å². The van der Waals surface area contributed by atoms with Gasteiger partial charge in [0.15, 0.2) is 0 Å². The Morgan fingerprint density at radius 1 is 0.706 bits per heavy atom. The second-order valence-electron chi connectivity index (χ2n) is 3.01. The molecule has 2 aromatic rings. The first-order valence-corrected chi connectivity index (χ1v) is 5.37. The molecule has 0 aliphatic heterocycles. The van der Waals surface area contributed by atoms with E-state index in [0.717, 1.165) is 0 Å². The fraction of sp³-hybridized carbons (Fsp3) is 0. The molecule has 0 atom stereocenters. The first kappa shape index (κ1) is 17.0. The smallest absolute Gasteiger partial charge is 1.00 e. The first-order valence-electron chi connectivity index (χ1n) is 4.48. The van der Waals surface area contributed by atoms with E-state index in [1.54, 1.807) is 36.4 Å². The molecule has 84 valence electrons. The van der Waals surface area contributed by atoms with Crippen molar-refractivity contribution in [3.05, 3.63) is 60.2 Å². The van der Waals surface area contributed by atoms with Crippen LogP contribution in [0.3, 0.4) is 0 Å². The largest absolute Gasteiger partial charge is 2.00 e. The van der Waals surface area contributed by atoms with Crippen molar-refractivity contribution >= 4 is 42.2 Å². The number of hydrogen-bond donors (Lipinski definition) is 0. The van der Waals surface area contributed by atoms with Crippen LogP contribution in [-0.2, 0) is 0 Å². The van der Waals surface area contributed by atoms with E-state index in [1.807, 2.05) is 0 Å². The van der Waals surface area contributed by atoms with Crippen LogP contribution in [0.2, 0.25) is 0 Å². The molecular formula is C12H8BrF2MgP. The van der Waals surface area contributed by atoms with Crippen LogP contribution in [0.25, 0.3) is 0 Å². The van der Waals surface area contributed by atoms with Gasteiger partial charge in [-0.15, -0.1) is 0 Å². The van der Waals surface area contributed by atoms with E-state index in [4.69, 9.17) is 0 Å². The Kier molecular flexibility index (Phi) is 8.13. The van der Waals surface area contributed by atoms with Gasteiger partial charge in [0, 0.05) is 0 Å². The van der Waals surface area contributed by atoms with Gasteiger partial charge in [0.2, 0.25) is 0 Å². The van der Waals surface area contributed by atoms with Crippen LogP contribution >= 0.6 is 8.58 Å². The van der Waals surface area contributed by atoms with Crippen LogP contribution in [0.1, 0.15) is 0 Å². The van der Waals surface area contributed by atoms with Crippen molar-refractivity contribution in [3.63, 3.8) is 0 Å². The summed E-state index contributed by atoms with van der Waals surface area (Å²) in [6.45, 7) is 0. The van der Waals surface area contributed by atoms with Gasteiger partial charge in [-0.05, 0) is 12.1 Å². The Hall–Kier alpha value is -0.0238. The molecule has 17 heavy (non-hydrogen) atoms. The van der Waals surface area contributed by atoms with E-state index in [1.165, 1.54) is 12.1 Å². The van der Waals surface area contributed by atoms with Crippen molar-refractivity contribution < 1.29 is 25.8 Å². The molecule has 0 aliphatic rings. The zero-order chi connectivity index (χ0) is 10.7. The molecule has 5 heteroatoms. The summed E-state index contributed by atoms with van der Waals surface area (Å²) < 4.78 is 26.6.